The largest absolute Gasteiger partial charge is 0.480 e. The highest BCUT2D eigenvalue weighted by Gasteiger charge is 2.31. The molecule has 15 heavy (non-hydrogen) atoms. The Balaban J connectivity index is 2.50. The Labute approximate surface area is 91.8 Å². The second-order valence-electron chi connectivity index (χ2n) is 5.07. The fourth-order valence-electron chi connectivity index (χ4n) is 2.48. The van der Waals surface area contributed by atoms with E-state index < -0.39 is 5.97 Å². The Kier molecular flexibility index (Phi) is 4.58. The third-order valence-corrected chi connectivity index (χ3v) is 3.38. The van der Waals surface area contributed by atoms with Crippen LogP contribution in [-0.2, 0) is 9.53 Å². The number of hydrogen-bond donors (Lipinski definition) is 1. The van der Waals surface area contributed by atoms with Crippen LogP contribution >= 0.6 is 0 Å². The number of carboxylic acid groups (broad SMARTS) is 1. The third-order valence-electron chi connectivity index (χ3n) is 3.38. The van der Waals surface area contributed by atoms with E-state index in [-0.39, 0.29) is 12.7 Å². The molecule has 0 spiro atoms. The van der Waals surface area contributed by atoms with Crippen molar-refractivity contribution in [3.8, 4) is 0 Å². The predicted molar refractivity (Wildman–Crippen MR) is 58.7 cm³/mol. The number of carboxylic acids is 1. The van der Waals surface area contributed by atoms with Crippen LogP contribution in [-0.4, -0.2) is 23.8 Å². The van der Waals surface area contributed by atoms with E-state index in [2.05, 4.69) is 20.8 Å². The van der Waals surface area contributed by atoms with Crippen LogP contribution < -0.4 is 0 Å². The van der Waals surface area contributed by atoms with E-state index in [1.165, 1.54) is 12.8 Å². The minimum Gasteiger partial charge on any atom is -0.480 e. The van der Waals surface area contributed by atoms with Crippen molar-refractivity contribution in [1.29, 1.82) is 0 Å². The standard InChI is InChI=1S/C12H22O3/c1-8(2)10-5-4-9(3)6-11(10)15-7-12(13)14/h8-11H,4-7H2,1-3H3,(H,13,14)/t9?,10-,11?/m0/s1. The molecule has 0 aromatic carbocycles. The van der Waals surface area contributed by atoms with Crippen LogP contribution in [0.25, 0.3) is 0 Å². The van der Waals surface area contributed by atoms with E-state index >= 15 is 0 Å². The summed E-state index contributed by atoms with van der Waals surface area (Å²) in [6.45, 7) is 6.45. The van der Waals surface area contributed by atoms with Gasteiger partial charge in [0.1, 0.15) is 6.61 Å². The molecule has 0 aromatic rings. The average Bonchev–Trinajstić information content (AvgIpc) is 2.14. The zero-order valence-electron chi connectivity index (χ0n) is 9.90. The van der Waals surface area contributed by atoms with Crippen molar-refractivity contribution in [2.45, 2.75) is 46.1 Å². The Bertz CT molecular complexity index is 213. The van der Waals surface area contributed by atoms with Crippen LogP contribution in [0.15, 0.2) is 0 Å². The van der Waals surface area contributed by atoms with E-state index in [0.717, 1.165) is 6.42 Å². The predicted octanol–water partition coefficient (Wildman–Crippen LogP) is 2.55. The Morgan fingerprint density at radius 3 is 2.67 bits per heavy atom. The van der Waals surface area contributed by atoms with Gasteiger partial charge in [0.25, 0.3) is 0 Å². The van der Waals surface area contributed by atoms with Crippen LogP contribution in [0.4, 0.5) is 0 Å². The van der Waals surface area contributed by atoms with Gasteiger partial charge in [-0.3, -0.25) is 0 Å². The highest BCUT2D eigenvalue weighted by atomic mass is 16.5. The Hall–Kier alpha value is -0.570. The molecule has 2 unspecified atom stereocenters. The van der Waals surface area contributed by atoms with Crippen molar-refractivity contribution in [1.82, 2.24) is 0 Å². The summed E-state index contributed by atoms with van der Waals surface area (Å²) < 4.78 is 5.49. The van der Waals surface area contributed by atoms with Crippen molar-refractivity contribution >= 4 is 5.97 Å². The molecular weight excluding hydrogens is 192 g/mol. The lowest BCUT2D eigenvalue weighted by Crippen LogP contribution is -2.35. The summed E-state index contributed by atoms with van der Waals surface area (Å²) in [7, 11) is 0. The van der Waals surface area contributed by atoms with Crippen LogP contribution in [0.5, 0.6) is 0 Å². The fourth-order valence-corrected chi connectivity index (χ4v) is 2.48. The van der Waals surface area contributed by atoms with Gasteiger partial charge in [-0.2, -0.15) is 0 Å². The highest BCUT2D eigenvalue weighted by Crippen LogP contribution is 2.35. The van der Waals surface area contributed by atoms with Crippen molar-refractivity contribution in [3.63, 3.8) is 0 Å². The molecule has 88 valence electrons. The topological polar surface area (TPSA) is 46.5 Å². The quantitative estimate of drug-likeness (QED) is 0.782. The van der Waals surface area contributed by atoms with Crippen LogP contribution in [0.2, 0.25) is 0 Å². The zero-order chi connectivity index (χ0) is 11.4. The first-order valence-electron chi connectivity index (χ1n) is 5.84. The molecule has 1 aliphatic carbocycles. The molecule has 0 heterocycles. The molecule has 0 saturated heterocycles. The van der Waals surface area contributed by atoms with E-state index in [4.69, 9.17) is 9.84 Å². The maximum absolute atomic E-state index is 10.5. The first kappa shape index (κ1) is 12.5. The number of ether oxygens (including phenoxy) is 1. The number of hydrogen-bond acceptors (Lipinski definition) is 2. The van der Waals surface area contributed by atoms with Gasteiger partial charge in [-0.1, -0.05) is 27.2 Å². The lowest BCUT2D eigenvalue weighted by Gasteiger charge is -2.36. The average molecular weight is 214 g/mol. The van der Waals surface area contributed by atoms with Crippen LogP contribution in [0.1, 0.15) is 40.0 Å². The minimum absolute atomic E-state index is 0.143. The van der Waals surface area contributed by atoms with Gasteiger partial charge in [0.05, 0.1) is 6.10 Å². The van der Waals surface area contributed by atoms with Gasteiger partial charge < -0.3 is 9.84 Å². The molecule has 1 N–H and O–H groups in total. The summed E-state index contributed by atoms with van der Waals surface area (Å²) >= 11 is 0. The SMILES string of the molecule is CC1CC[C@@H](C(C)C)C(OCC(=O)O)C1. The summed E-state index contributed by atoms with van der Waals surface area (Å²) in [5.41, 5.74) is 0. The van der Waals surface area contributed by atoms with Crippen molar-refractivity contribution in [3.05, 3.63) is 0 Å². The summed E-state index contributed by atoms with van der Waals surface area (Å²) in [5.74, 6) is 0.909. The van der Waals surface area contributed by atoms with Crippen molar-refractivity contribution < 1.29 is 14.6 Å². The third kappa shape index (κ3) is 3.82. The molecule has 1 fully saturated rings. The summed E-state index contributed by atoms with van der Waals surface area (Å²) in [6, 6.07) is 0. The molecule has 3 nitrogen and oxygen atoms in total. The molecule has 0 amide bonds. The second-order valence-corrected chi connectivity index (χ2v) is 5.07. The second kappa shape index (κ2) is 5.50. The molecule has 3 heteroatoms. The molecule has 0 radical (unpaired) electrons. The number of aliphatic carboxylic acids is 1. The fraction of sp³-hybridized carbons (Fsp3) is 0.917. The monoisotopic (exact) mass is 214 g/mol. The maximum Gasteiger partial charge on any atom is 0.329 e. The van der Waals surface area contributed by atoms with Crippen molar-refractivity contribution in [2.24, 2.45) is 17.8 Å². The molecule has 0 bridgehead atoms. The summed E-state index contributed by atoms with van der Waals surface area (Å²) in [4.78, 5) is 10.5. The van der Waals surface area contributed by atoms with Gasteiger partial charge >= 0.3 is 5.97 Å². The number of carbonyl (C=O) groups is 1. The normalized spacial score (nSPS) is 31.9. The van der Waals surface area contributed by atoms with Gasteiger partial charge in [0.2, 0.25) is 0 Å². The van der Waals surface area contributed by atoms with Gasteiger partial charge in [-0.15, -0.1) is 0 Å². The lowest BCUT2D eigenvalue weighted by molar-refractivity contribution is -0.147. The summed E-state index contributed by atoms with van der Waals surface area (Å²) in [5, 5.41) is 8.61. The van der Waals surface area contributed by atoms with Gasteiger partial charge in [0, 0.05) is 0 Å². The van der Waals surface area contributed by atoms with E-state index in [1.807, 2.05) is 0 Å². The Morgan fingerprint density at radius 1 is 1.47 bits per heavy atom. The first-order valence-corrected chi connectivity index (χ1v) is 5.84. The summed E-state index contributed by atoms with van der Waals surface area (Å²) in [6.07, 6.45) is 3.57. The van der Waals surface area contributed by atoms with Gasteiger partial charge in [0.15, 0.2) is 0 Å². The highest BCUT2D eigenvalue weighted by molar-refractivity contribution is 5.68. The molecule has 3 atom stereocenters. The van der Waals surface area contributed by atoms with Gasteiger partial charge in [-0.25, -0.2) is 4.79 Å². The van der Waals surface area contributed by atoms with Crippen LogP contribution in [0, 0.1) is 17.8 Å². The molecule has 1 saturated carbocycles. The van der Waals surface area contributed by atoms with Gasteiger partial charge in [-0.05, 0) is 30.6 Å². The molecule has 1 rings (SSSR count). The molecule has 0 aromatic heterocycles. The zero-order valence-corrected chi connectivity index (χ0v) is 9.90. The van der Waals surface area contributed by atoms with Crippen molar-refractivity contribution in [2.75, 3.05) is 6.61 Å². The lowest BCUT2D eigenvalue weighted by atomic mass is 9.75. The smallest absolute Gasteiger partial charge is 0.329 e. The maximum atomic E-state index is 10.5. The molecule has 0 aliphatic heterocycles. The van der Waals surface area contributed by atoms with Crippen LogP contribution in [0.3, 0.4) is 0 Å². The first-order chi connectivity index (χ1) is 7.00. The molecule has 1 aliphatic rings. The van der Waals surface area contributed by atoms with E-state index in [0.29, 0.717) is 17.8 Å². The molecular formula is C12H22O3. The van der Waals surface area contributed by atoms with E-state index in [1.54, 1.807) is 0 Å². The van der Waals surface area contributed by atoms with E-state index in [9.17, 15) is 4.79 Å². The minimum atomic E-state index is -0.865. The number of rotatable bonds is 4. The Morgan fingerprint density at radius 2 is 2.13 bits per heavy atom.